The minimum Gasteiger partial charge on any atom is -0.504 e. The largest absolute Gasteiger partial charge is 0.504 e. The molecule has 170 valence electrons. The highest BCUT2D eigenvalue weighted by Crippen LogP contribution is 2.73. The van der Waals surface area contributed by atoms with Gasteiger partial charge in [0.05, 0.1) is 11.7 Å². The molecule has 5 heteroatoms. The van der Waals surface area contributed by atoms with E-state index in [4.69, 9.17) is 9.47 Å². The number of methoxy groups -OCH3 is 1. The monoisotopic (exact) mass is 427 g/mol. The summed E-state index contributed by atoms with van der Waals surface area (Å²) in [5.74, 6) is 1.34. The maximum absolute atomic E-state index is 12.0. The molecule has 0 aromatic heterocycles. The molecule has 8 atom stereocenters. The number of phenols is 1. The van der Waals surface area contributed by atoms with Crippen molar-refractivity contribution in [3.63, 3.8) is 0 Å². The van der Waals surface area contributed by atoms with Crippen LogP contribution in [0.5, 0.6) is 11.5 Å². The average Bonchev–Trinajstić information content (AvgIpc) is 2.92. The Kier molecular flexibility index (Phi) is 3.92. The second-order valence-electron chi connectivity index (χ2n) is 12.2. The first-order valence-electron chi connectivity index (χ1n) is 12.1. The number of hydrogen-bond donors (Lipinski definition) is 3. The number of piperidine rings is 1. The third-order valence-corrected chi connectivity index (χ3v) is 10.5. The van der Waals surface area contributed by atoms with Gasteiger partial charge in [0.25, 0.3) is 0 Å². The van der Waals surface area contributed by atoms with Crippen LogP contribution in [0, 0.1) is 22.7 Å². The molecule has 2 unspecified atom stereocenters. The SMILES string of the molecule is COC1[C@@H]2CC[C@@]3(C[C@@H]2C(C)(O)C(C)(C)C)[C@H]2Cc4ccc(O)c5c4[C@@]3(CCN2)[C@H]1O5. The Balaban J connectivity index is 1.63. The molecule has 1 saturated heterocycles. The van der Waals surface area contributed by atoms with Crippen LogP contribution in [-0.2, 0) is 16.6 Å². The standard InChI is InChI=1S/C26H37NO4/c1-23(2,3)24(4,29)16-13-25-9-8-15(16)20(30-5)22-26(25)10-11-27-18(25)12-14-6-7-17(28)21(31-22)19(14)26/h6-7,15-16,18,20,22,27-29H,8-13H2,1-5H3/t15-,16+,18-,20?,22+,24?,25-,26+/m1/s1. The highest BCUT2D eigenvalue weighted by Gasteiger charge is 2.75. The first-order chi connectivity index (χ1) is 14.6. The van der Waals surface area contributed by atoms with Crippen molar-refractivity contribution >= 4 is 0 Å². The molecule has 2 spiro atoms. The Morgan fingerprint density at radius 1 is 1.19 bits per heavy atom. The molecule has 4 fully saturated rings. The molecule has 31 heavy (non-hydrogen) atoms. The van der Waals surface area contributed by atoms with Crippen LogP contribution in [0.3, 0.4) is 0 Å². The minimum absolute atomic E-state index is 0.00560. The third kappa shape index (κ3) is 2.14. The van der Waals surface area contributed by atoms with Gasteiger partial charge in [0.2, 0.25) is 0 Å². The Bertz CT molecular complexity index is 936. The Morgan fingerprint density at radius 2 is 1.97 bits per heavy atom. The number of hydrogen-bond acceptors (Lipinski definition) is 5. The number of aromatic hydroxyl groups is 1. The number of phenolic OH excluding ortho intramolecular Hbond substituents is 1. The van der Waals surface area contributed by atoms with Gasteiger partial charge in [0, 0.05) is 24.1 Å². The summed E-state index contributed by atoms with van der Waals surface area (Å²) < 4.78 is 13.0. The molecule has 1 aromatic carbocycles. The van der Waals surface area contributed by atoms with Gasteiger partial charge in [-0.15, -0.1) is 0 Å². The van der Waals surface area contributed by atoms with Crippen molar-refractivity contribution in [3.05, 3.63) is 23.3 Å². The van der Waals surface area contributed by atoms with Gasteiger partial charge >= 0.3 is 0 Å². The van der Waals surface area contributed by atoms with Gasteiger partial charge in [0.15, 0.2) is 11.5 Å². The molecule has 6 aliphatic rings. The van der Waals surface area contributed by atoms with Gasteiger partial charge in [-0.3, -0.25) is 0 Å². The van der Waals surface area contributed by atoms with Crippen LogP contribution in [-0.4, -0.2) is 47.7 Å². The predicted molar refractivity (Wildman–Crippen MR) is 118 cm³/mol. The van der Waals surface area contributed by atoms with E-state index >= 15 is 0 Å². The second kappa shape index (κ2) is 5.98. The van der Waals surface area contributed by atoms with E-state index in [0.29, 0.717) is 11.8 Å². The number of aliphatic hydroxyl groups is 1. The van der Waals surface area contributed by atoms with Gasteiger partial charge in [0.1, 0.15) is 6.10 Å². The van der Waals surface area contributed by atoms with Gasteiger partial charge in [-0.05, 0) is 79.9 Å². The average molecular weight is 428 g/mol. The fourth-order valence-electron chi connectivity index (χ4n) is 8.67. The molecule has 5 nitrogen and oxygen atoms in total. The van der Waals surface area contributed by atoms with Crippen molar-refractivity contribution in [3.8, 4) is 11.5 Å². The quantitative estimate of drug-likeness (QED) is 0.674. The summed E-state index contributed by atoms with van der Waals surface area (Å²) in [6.45, 7) is 9.49. The minimum atomic E-state index is -0.812. The van der Waals surface area contributed by atoms with Crippen molar-refractivity contribution in [2.75, 3.05) is 13.7 Å². The van der Waals surface area contributed by atoms with Crippen LogP contribution in [0.25, 0.3) is 0 Å². The van der Waals surface area contributed by atoms with Crippen LogP contribution in [0.15, 0.2) is 12.1 Å². The Labute approximate surface area is 185 Å². The van der Waals surface area contributed by atoms with Crippen LogP contribution in [0.1, 0.15) is 64.5 Å². The van der Waals surface area contributed by atoms with Crippen molar-refractivity contribution in [1.82, 2.24) is 5.32 Å². The molecule has 3 N–H and O–H groups in total. The summed E-state index contributed by atoms with van der Waals surface area (Å²) in [7, 11) is 1.81. The molecule has 0 radical (unpaired) electrons. The van der Waals surface area contributed by atoms with Crippen LogP contribution in [0.2, 0.25) is 0 Å². The Hall–Kier alpha value is -1.30. The van der Waals surface area contributed by atoms with E-state index < -0.39 is 5.60 Å². The summed E-state index contributed by atoms with van der Waals surface area (Å²) in [4.78, 5) is 0. The maximum Gasteiger partial charge on any atom is 0.165 e. The van der Waals surface area contributed by atoms with Crippen LogP contribution in [0.4, 0.5) is 0 Å². The molecular formula is C26H37NO4. The zero-order valence-corrected chi connectivity index (χ0v) is 19.5. The van der Waals surface area contributed by atoms with Crippen molar-refractivity contribution in [2.45, 2.75) is 89.1 Å². The summed E-state index contributed by atoms with van der Waals surface area (Å²) in [6.07, 6.45) is 4.91. The predicted octanol–water partition coefficient (Wildman–Crippen LogP) is 3.54. The zero-order valence-electron chi connectivity index (χ0n) is 19.5. The van der Waals surface area contributed by atoms with E-state index in [1.54, 1.807) is 6.07 Å². The number of benzene rings is 1. The smallest absolute Gasteiger partial charge is 0.165 e. The molecule has 7 rings (SSSR count). The highest BCUT2D eigenvalue weighted by atomic mass is 16.5. The van der Waals surface area contributed by atoms with Gasteiger partial charge in [-0.1, -0.05) is 26.8 Å². The summed E-state index contributed by atoms with van der Waals surface area (Å²) in [5.41, 5.74) is 1.37. The van der Waals surface area contributed by atoms with Crippen molar-refractivity contribution in [2.24, 2.45) is 22.7 Å². The van der Waals surface area contributed by atoms with E-state index in [1.807, 2.05) is 14.0 Å². The molecule has 4 aliphatic carbocycles. The normalized spacial score (nSPS) is 44.3. The second-order valence-corrected chi connectivity index (χ2v) is 12.2. The van der Waals surface area contributed by atoms with Gasteiger partial charge in [-0.25, -0.2) is 0 Å². The Morgan fingerprint density at radius 3 is 2.68 bits per heavy atom. The lowest BCUT2D eigenvalue weighted by molar-refractivity contribution is -0.155. The number of ether oxygens (including phenoxy) is 2. The maximum atomic E-state index is 12.0. The molecule has 3 saturated carbocycles. The molecule has 4 bridgehead atoms. The van der Waals surface area contributed by atoms with Crippen molar-refractivity contribution < 1.29 is 19.7 Å². The molecule has 2 aliphatic heterocycles. The topological polar surface area (TPSA) is 71.0 Å². The molecular weight excluding hydrogens is 390 g/mol. The molecule has 1 aromatic rings. The summed E-state index contributed by atoms with van der Waals surface area (Å²) in [6, 6.07) is 4.28. The van der Waals surface area contributed by atoms with E-state index in [0.717, 1.165) is 38.6 Å². The third-order valence-electron chi connectivity index (χ3n) is 10.5. The van der Waals surface area contributed by atoms with Gasteiger partial charge < -0.3 is 25.0 Å². The van der Waals surface area contributed by atoms with E-state index in [1.165, 1.54) is 11.1 Å². The van der Waals surface area contributed by atoms with E-state index in [-0.39, 0.29) is 46.0 Å². The molecule has 2 heterocycles. The molecule has 0 amide bonds. The lowest BCUT2D eigenvalue weighted by atomic mass is 9.43. The fraction of sp³-hybridized carbons (Fsp3) is 0.769. The first kappa shape index (κ1) is 20.3. The van der Waals surface area contributed by atoms with E-state index in [9.17, 15) is 10.2 Å². The van der Waals surface area contributed by atoms with Crippen LogP contribution >= 0.6 is 0 Å². The number of fused-ring (bicyclic) bond motifs is 2. The van der Waals surface area contributed by atoms with Crippen LogP contribution < -0.4 is 10.1 Å². The van der Waals surface area contributed by atoms with Crippen molar-refractivity contribution in [1.29, 1.82) is 0 Å². The fourth-order valence-corrected chi connectivity index (χ4v) is 8.67. The number of rotatable bonds is 2. The van der Waals surface area contributed by atoms with Gasteiger partial charge in [-0.2, -0.15) is 0 Å². The highest BCUT2D eigenvalue weighted by molar-refractivity contribution is 5.62. The first-order valence-corrected chi connectivity index (χ1v) is 12.1. The zero-order chi connectivity index (χ0) is 22.0. The lowest BCUT2D eigenvalue weighted by Gasteiger charge is -2.63. The van der Waals surface area contributed by atoms with E-state index in [2.05, 4.69) is 32.2 Å². The number of nitrogens with one attached hydrogen (secondary N) is 1. The summed E-state index contributed by atoms with van der Waals surface area (Å²) >= 11 is 0. The summed E-state index contributed by atoms with van der Waals surface area (Å²) in [5, 5.41) is 26.6. The lowest BCUT2D eigenvalue weighted by Crippen LogP contribution is -2.69.